The lowest BCUT2D eigenvalue weighted by atomic mass is 9.89. The molecular formula is C22H26Cl2N2O3S. The Kier molecular flexibility index (Phi) is 7.32. The summed E-state index contributed by atoms with van der Waals surface area (Å²) in [7, 11) is -3.69. The van der Waals surface area contributed by atoms with Crippen LogP contribution < -0.4 is 9.62 Å². The number of amides is 1. The van der Waals surface area contributed by atoms with Crippen molar-refractivity contribution in [3.05, 3.63) is 63.1 Å². The van der Waals surface area contributed by atoms with Gasteiger partial charge in [0.25, 0.3) is 0 Å². The third kappa shape index (κ3) is 5.48. The molecule has 1 amide bonds. The van der Waals surface area contributed by atoms with Gasteiger partial charge >= 0.3 is 0 Å². The second-order valence-electron chi connectivity index (χ2n) is 7.63. The predicted molar refractivity (Wildman–Crippen MR) is 123 cm³/mol. The molecule has 0 fully saturated rings. The van der Waals surface area contributed by atoms with E-state index in [0.29, 0.717) is 17.1 Å². The minimum absolute atomic E-state index is 0.181. The Morgan fingerprint density at radius 1 is 1.07 bits per heavy atom. The summed E-state index contributed by atoms with van der Waals surface area (Å²) in [5, 5.41) is 3.53. The van der Waals surface area contributed by atoms with Crippen molar-refractivity contribution >= 4 is 44.8 Å². The molecule has 5 nitrogen and oxygen atoms in total. The van der Waals surface area contributed by atoms with Crippen LogP contribution in [0, 0.1) is 0 Å². The van der Waals surface area contributed by atoms with E-state index in [-0.39, 0.29) is 23.5 Å². The summed E-state index contributed by atoms with van der Waals surface area (Å²) >= 11 is 12.0. The number of hydrogen-bond acceptors (Lipinski definition) is 3. The second-order valence-corrected chi connectivity index (χ2v) is 10.4. The number of carbonyl (C=O) groups is 1. The van der Waals surface area contributed by atoms with Crippen molar-refractivity contribution in [1.82, 2.24) is 5.32 Å². The van der Waals surface area contributed by atoms with Crippen LogP contribution in [0.3, 0.4) is 0 Å². The van der Waals surface area contributed by atoms with Crippen LogP contribution >= 0.6 is 23.2 Å². The van der Waals surface area contributed by atoms with Gasteiger partial charge in [-0.05, 0) is 67.0 Å². The number of rotatable bonds is 7. The number of carbonyl (C=O) groups excluding carboxylic acids is 1. The second kappa shape index (κ2) is 9.58. The van der Waals surface area contributed by atoms with Gasteiger partial charge in [0.05, 0.1) is 28.0 Å². The van der Waals surface area contributed by atoms with E-state index >= 15 is 0 Å². The summed E-state index contributed by atoms with van der Waals surface area (Å²) in [6, 6.07) is 10.7. The van der Waals surface area contributed by atoms with Crippen LogP contribution in [-0.4, -0.2) is 27.1 Å². The number of hydrogen-bond donors (Lipinski definition) is 1. The summed E-state index contributed by atoms with van der Waals surface area (Å²) in [6.45, 7) is 1.66. The zero-order valence-electron chi connectivity index (χ0n) is 17.1. The maximum Gasteiger partial charge on any atom is 0.241 e. The van der Waals surface area contributed by atoms with Crippen LogP contribution in [0.1, 0.15) is 48.9 Å². The summed E-state index contributed by atoms with van der Waals surface area (Å²) in [4.78, 5) is 12.8. The molecule has 1 atom stereocenters. The van der Waals surface area contributed by atoms with Crippen LogP contribution in [0.5, 0.6) is 0 Å². The molecule has 162 valence electrons. The Labute approximate surface area is 188 Å². The highest BCUT2D eigenvalue weighted by Gasteiger charge is 2.23. The van der Waals surface area contributed by atoms with Crippen molar-refractivity contribution in [2.24, 2.45) is 0 Å². The lowest BCUT2D eigenvalue weighted by molar-refractivity contribution is -0.120. The minimum atomic E-state index is -3.69. The molecule has 0 aliphatic heterocycles. The molecular weight excluding hydrogens is 443 g/mol. The van der Waals surface area contributed by atoms with E-state index in [9.17, 15) is 13.2 Å². The molecule has 1 N–H and O–H groups in total. The van der Waals surface area contributed by atoms with Gasteiger partial charge in [0.1, 0.15) is 6.54 Å². The van der Waals surface area contributed by atoms with Gasteiger partial charge in [0.15, 0.2) is 0 Å². The molecule has 0 radical (unpaired) electrons. The van der Waals surface area contributed by atoms with Crippen molar-refractivity contribution in [3.63, 3.8) is 0 Å². The number of nitrogens with zero attached hydrogens (tertiary/aromatic N) is 1. The molecule has 8 heteroatoms. The van der Waals surface area contributed by atoms with E-state index in [1.807, 2.05) is 6.92 Å². The Balaban J connectivity index is 1.77. The minimum Gasteiger partial charge on any atom is -0.348 e. The molecule has 3 rings (SSSR count). The van der Waals surface area contributed by atoms with Crippen LogP contribution in [0.2, 0.25) is 10.0 Å². The van der Waals surface area contributed by atoms with E-state index < -0.39 is 10.0 Å². The fourth-order valence-electron chi connectivity index (χ4n) is 3.80. The quantitative estimate of drug-likeness (QED) is 0.627. The van der Waals surface area contributed by atoms with E-state index in [1.54, 1.807) is 0 Å². The highest BCUT2D eigenvalue weighted by Crippen LogP contribution is 2.29. The Hall–Kier alpha value is -1.76. The highest BCUT2D eigenvalue weighted by molar-refractivity contribution is 7.92. The van der Waals surface area contributed by atoms with Crippen molar-refractivity contribution in [1.29, 1.82) is 0 Å². The van der Waals surface area contributed by atoms with Gasteiger partial charge in [0, 0.05) is 0 Å². The van der Waals surface area contributed by atoms with Gasteiger partial charge in [-0.1, -0.05) is 48.3 Å². The van der Waals surface area contributed by atoms with Crippen LogP contribution in [0.4, 0.5) is 5.69 Å². The molecule has 0 saturated heterocycles. The van der Waals surface area contributed by atoms with E-state index in [4.69, 9.17) is 23.2 Å². The predicted octanol–water partition coefficient (Wildman–Crippen LogP) is 4.91. The topological polar surface area (TPSA) is 66.5 Å². The molecule has 30 heavy (non-hydrogen) atoms. The maximum absolute atomic E-state index is 12.8. The average molecular weight is 469 g/mol. The van der Waals surface area contributed by atoms with E-state index in [0.717, 1.165) is 29.0 Å². The largest absolute Gasteiger partial charge is 0.348 e. The zero-order chi connectivity index (χ0) is 21.9. The molecule has 0 unspecified atom stereocenters. The third-order valence-corrected chi connectivity index (χ3v) is 7.28. The van der Waals surface area contributed by atoms with Crippen LogP contribution in [0.25, 0.3) is 0 Å². The van der Waals surface area contributed by atoms with Crippen molar-refractivity contribution in [2.75, 3.05) is 17.1 Å². The fourth-order valence-corrected chi connectivity index (χ4v) is 4.94. The maximum atomic E-state index is 12.8. The van der Waals surface area contributed by atoms with Crippen molar-refractivity contribution < 1.29 is 13.2 Å². The Morgan fingerprint density at radius 2 is 1.77 bits per heavy atom. The molecule has 2 aromatic rings. The van der Waals surface area contributed by atoms with E-state index in [1.165, 1.54) is 42.2 Å². The Morgan fingerprint density at radius 3 is 2.40 bits per heavy atom. The summed E-state index contributed by atoms with van der Waals surface area (Å²) in [6.07, 6.45) is 6.33. The average Bonchev–Trinajstić information content (AvgIpc) is 2.71. The van der Waals surface area contributed by atoms with Gasteiger partial charge in [0.2, 0.25) is 15.9 Å². The van der Waals surface area contributed by atoms with Crippen LogP contribution in [-0.2, 0) is 27.7 Å². The number of halogens is 2. The number of fused-ring (bicyclic) bond motifs is 1. The lowest BCUT2D eigenvalue weighted by Crippen LogP contribution is -2.41. The zero-order valence-corrected chi connectivity index (χ0v) is 19.4. The first-order chi connectivity index (χ1) is 14.2. The molecule has 0 spiro atoms. The molecule has 1 aliphatic rings. The third-order valence-electron chi connectivity index (χ3n) is 5.40. The summed E-state index contributed by atoms with van der Waals surface area (Å²) < 4.78 is 25.7. The van der Waals surface area contributed by atoms with Gasteiger partial charge < -0.3 is 5.32 Å². The molecule has 1 aliphatic carbocycles. The first kappa shape index (κ1) is 22.9. The van der Waals surface area contributed by atoms with Gasteiger partial charge in [-0.25, -0.2) is 8.42 Å². The monoisotopic (exact) mass is 468 g/mol. The van der Waals surface area contributed by atoms with Gasteiger partial charge in [-0.15, -0.1) is 0 Å². The SMILES string of the molecule is CC[C@@H](NC(=O)CN(c1ccc(Cl)c(Cl)c1)S(C)(=O)=O)c1ccc2c(c1)CCCC2. The number of nitrogens with one attached hydrogen (secondary N) is 1. The fraction of sp³-hybridized carbons (Fsp3) is 0.409. The summed E-state index contributed by atoms with van der Waals surface area (Å²) in [5.74, 6) is -0.379. The van der Waals surface area contributed by atoms with Gasteiger partial charge in [-0.3, -0.25) is 9.10 Å². The standard InChI is InChI=1S/C22H26Cl2N2O3S/c1-3-21(17-9-8-15-6-4-5-7-16(15)12-17)25-22(27)14-26(30(2,28)29)18-10-11-19(23)20(24)13-18/h8-13,21H,3-7,14H2,1-2H3,(H,25,27)/t21-/m1/s1. The lowest BCUT2D eigenvalue weighted by Gasteiger charge is -2.25. The van der Waals surface area contributed by atoms with Crippen molar-refractivity contribution in [2.45, 2.75) is 45.1 Å². The van der Waals surface area contributed by atoms with Crippen molar-refractivity contribution in [3.8, 4) is 0 Å². The van der Waals surface area contributed by atoms with Gasteiger partial charge in [-0.2, -0.15) is 0 Å². The molecule has 0 aromatic heterocycles. The molecule has 2 aromatic carbocycles. The molecule has 0 heterocycles. The summed E-state index contributed by atoms with van der Waals surface area (Å²) in [5.41, 5.74) is 4.07. The first-order valence-corrected chi connectivity index (χ1v) is 12.6. The van der Waals surface area contributed by atoms with Crippen LogP contribution in [0.15, 0.2) is 36.4 Å². The molecule has 0 bridgehead atoms. The normalized spacial score (nSPS) is 14.7. The number of benzene rings is 2. The first-order valence-electron chi connectivity index (χ1n) is 10.0. The number of aryl methyl sites for hydroxylation is 2. The Bertz CT molecular complexity index is 1040. The molecule has 0 saturated carbocycles. The number of anilines is 1. The smallest absolute Gasteiger partial charge is 0.241 e. The number of sulfonamides is 1. The highest BCUT2D eigenvalue weighted by atomic mass is 35.5. The van der Waals surface area contributed by atoms with E-state index in [2.05, 4.69) is 23.5 Å².